The maximum atomic E-state index is 3.64. The third kappa shape index (κ3) is 4.45. The third-order valence-corrected chi connectivity index (χ3v) is 4.17. The number of nitrogens with one attached hydrogen (secondary N) is 1. The summed E-state index contributed by atoms with van der Waals surface area (Å²) in [5, 5.41) is 3.64. The fourth-order valence-electron chi connectivity index (χ4n) is 2.88. The van der Waals surface area contributed by atoms with E-state index in [0.717, 1.165) is 18.9 Å². The van der Waals surface area contributed by atoms with E-state index in [2.05, 4.69) is 36.5 Å². The van der Waals surface area contributed by atoms with Gasteiger partial charge in [0.05, 0.1) is 0 Å². The van der Waals surface area contributed by atoms with Crippen LogP contribution in [0.15, 0.2) is 24.3 Å². The molecule has 0 aromatic heterocycles. The van der Waals surface area contributed by atoms with Gasteiger partial charge < -0.3 is 5.32 Å². The van der Waals surface area contributed by atoms with Crippen molar-refractivity contribution < 1.29 is 0 Å². The first-order valence-corrected chi connectivity index (χ1v) is 7.67. The van der Waals surface area contributed by atoms with Crippen LogP contribution in [0, 0.1) is 5.92 Å². The van der Waals surface area contributed by atoms with Crippen LogP contribution in [-0.2, 0) is 13.0 Å². The van der Waals surface area contributed by atoms with Crippen LogP contribution in [0.5, 0.6) is 0 Å². The van der Waals surface area contributed by atoms with Gasteiger partial charge in [-0.15, -0.1) is 0 Å². The number of benzene rings is 1. The van der Waals surface area contributed by atoms with Gasteiger partial charge in [-0.1, -0.05) is 56.9 Å². The third-order valence-electron chi connectivity index (χ3n) is 4.17. The Labute approximate surface area is 112 Å². The smallest absolute Gasteiger partial charge is 0.0205 e. The molecule has 0 unspecified atom stereocenters. The van der Waals surface area contributed by atoms with Gasteiger partial charge in [0.15, 0.2) is 0 Å². The van der Waals surface area contributed by atoms with E-state index in [1.165, 1.54) is 56.2 Å². The summed E-state index contributed by atoms with van der Waals surface area (Å²) in [5.74, 6) is 0.919. The maximum Gasteiger partial charge on any atom is 0.0205 e. The molecular formula is C17H27N. The average Bonchev–Trinajstić information content (AvgIpc) is 2.68. The number of aryl methyl sites for hydroxylation is 1. The number of hydrogen-bond donors (Lipinski definition) is 1. The van der Waals surface area contributed by atoms with Crippen LogP contribution < -0.4 is 5.32 Å². The molecule has 1 fully saturated rings. The highest BCUT2D eigenvalue weighted by molar-refractivity contribution is 5.22. The molecule has 0 bridgehead atoms. The molecule has 0 radical (unpaired) electrons. The topological polar surface area (TPSA) is 12.0 Å². The van der Waals surface area contributed by atoms with Crippen LogP contribution in [0.4, 0.5) is 0 Å². The zero-order valence-corrected chi connectivity index (χ0v) is 11.8. The summed E-state index contributed by atoms with van der Waals surface area (Å²) in [6.07, 6.45) is 9.79. The molecule has 100 valence electrons. The fourth-order valence-corrected chi connectivity index (χ4v) is 2.88. The lowest BCUT2D eigenvalue weighted by Crippen LogP contribution is -2.22. The van der Waals surface area contributed by atoms with Crippen LogP contribution in [0.1, 0.15) is 56.6 Å². The molecule has 1 aromatic carbocycles. The molecule has 0 aliphatic heterocycles. The molecule has 1 aromatic rings. The van der Waals surface area contributed by atoms with Gasteiger partial charge in [-0.2, -0.15) is 0 Å². The fraction of sp³-hybridized carbons (Fsp3) is 0.647. The Morgan fingerprint density at radius 1 is 0.944 bits per heavy atom. The van der Waals surface area contributed by atoms with Crippen LogP contribution in [0.3, 0.4) is 0 Å². The van der Waals surface area contributed by atoms with Crippen LogP contribution in [0.2, 0.25) is 0 Å². The van der Waals surface area contributed by atoms with Crippen molar-refractivity contribution in [2.24, 2.45) is 5.92 Å². The number of hydrogen-bond acceptors (Lipinski definition) is 1. The van der Waals surface area contributed by atoms with Crippen molar-refractivity contribution in [1.82, 2.24) is 5.32 Å². The van der Waals surface area contributed by atoms with Gasteiger partial charge in [-0.3, -0.25) is 0 Å². The van der Waals surface area contributed by atoms with Crippen LogP contribution in [-0.4, -0.2) is 6.54 Å². The first-order valence-electron chi connectivity index (χ1n) is 7.67. The van der Waals surface area contributed by atoms with E-state index in [1.807, 2.05) is 0 Å². The van der Waals surface area contributed by atoms with E-state index in [4.69, 9.17) is 0 Å². The van der Waals surface area contributed by atoms with Crippen molar-refractivity contribution in [3.05, 3.63) is 35.4 Å². The SMILES string of the molecule is CCc1ccc(CNCC2CCCCCC2)cc1. The van der Waals surface area contributed by atoms with E-state index in [1.54, 1.807) is 0 Å². The molecule has 0 amide bonds. The lowest BCUT2D eigenvalue weighted by molar-refractivity contribution is 0.425. The van der Waals surface area contributed by atoms with Gasteiger partial charge in [-0.05, 0) is 42.9 Å². The highest BCUT2D eigenvalue weighted by atomic mass is 14.9. The monoisotopic (exact) mass is 245 g/mol. The summed E-state index contributed by atoms with van der Waals surface area (Å²) in [7, 11) is 0. The summed E-state index contributed by atoms with van der Waals surface area (Å²) >= 11 is 0. The molecular weight excluding hydrogens is 218 g/mol. The predicted molar refractivity (Wildman–Crippen MR) is 78.7 cm³/mol. The maximum absolute atomic E-state index is 3.64. The lowest BCUT2D eigenvalue weighted by Gasteiger charge is -2.14. The van der Waals surface area contributed by atoms with Gasteiger partial charge in [0.25, 0.3) is 0 Å². The van der Waals surface area contributed by atoms with E-state index in [0.29, 0.717) is 0 Å². The molecule has 1 aliphatic carbocycles. The Morgan fingerprint density at radius 2 is 1.56 bits per heavy atom. The summed E-state index contributed by atoms with van der Waals surface area (Å²) in [4.78, 5) is 0. The minimum absolute atomic E-state index is 0.919. The Kier molecular flexibility index (Phi) is 5.73. The van der Waals surface area contributed by atoms with Crippen molar-refractivity contribution in [3.63, 3.8) is 0 Å². The second-order valence-corrected chi connectivity index (χ2v) is 5.66. The number of rotatable bonds is 5. The minimum Gasteiger partial charge on any atom is -0.312 e. The Hall–Kier alpha value is -0.820. The molecule has 1 N–H and O–H groups in total. The summed E-state index contributed by atoms with van der Waals surface area (Å²) < 4.78 is 0. The second-order valence-electron chi connectivity index (χ2n) is 5.66. The minimum atomic E-state index is 0.919. The molecule has 0 saturated heterocycles. The lowest BCUT2D eigenvalue weighted by atomic mass is 10.0. The Morgan fingerprint density at radius 3 is 2.17 bits per heavy atom. The van der Waals surface area contributed by atoms with Crippen molar-refractivity contribution in [1.29, 1.82) is 0 Å². The Bertz CT molecular complexity index is 320. The molecule has 2 rings (SSSR count). The molecule has 1 nitrogen and oxygen atoms in total. The zero-order chi connectivity index (χ0) is 12.6. The standard InChI is InChI=1S/C17H27N/c1-2-15-9-11-17(12-10-15)14-18-13-16-7-5-3-4-6-8-16/h9-12,16,18H,2-8,13-14H2,1H3. The summed E-state index contributed by atoms with van der Waals surface area (Å²) in [6, 6.07) is 9.03. The largest absolute Gasteiger partial charge is 0.312 e. The highest BCUT2D eigenvalue weighted by Crippen LogP contribution is 2.22. The van der Waals surface area contributed by atoms with Crippen molar-refractivity contribution in [2.45, 2.75) is 58.4 Å². The quantitative estimate of drug-likeness (QED) is 0.762. The van der Waals surface area contributed by atoms with E-state index in [9.17, 15) is 0 Å². The van der Waals surface area contributed by atoms with Crippen molar-refractivity contribution in [3.8, 4) is 0 Å². The summed E-state index contributed by atoms with van der Waals surface area (Å²) in [6.45, 7) is 4.44. The van der Waals surface area contributed by atoms with Gasteiger partial charge in [0.1, 0.15) is 0 Å². The van der Waals surface area contributed by atoms with Gasteiger partial charge in [0.2, 0.25) is 0 Å². The predicted octanol–water partition coefficient (Wildman–Crippen LogP) is 4.31. The first-order chi connectivity index (χ1) is 8.88. The Balaban J connectivity index is 1.70. The average molecular weight is 245 g/mol. The van der Waals surface area contributed by atoms with E-state index in [-0.39, 0.29) is 0 Å². The molecule has 0 atom stereocenters. The molecule has 1 heteroatoms. The second kappa shape index (κ2) is 7.58. The first kappa shape index (κ1) is 13.6. The zero-order valence-electron chi connectivity index (χ0n) is 11.8. The van der Waals surface area contributed by atoms with Crippen LogP contribution >= 0.6 is 0 Å². The van der Waals surface area contributed by atoms with Gasteiger partial charge >= 0.3 is 0 Å². The highest BCUT2D eigenvalue weighted by Gasteiger charge is 2.11. The summed E-state index contributed by atoms with van der Waals surface area (Å²) in [5.41, 5.74) is 2.85. The van der Waals surface area contributed by atoms with Gasteiger partial charge in [0, 0.05) is 6.54 Å². The molecule has 0 heterocycles. The van der Waals surface area contributed by atoms with Crippen molar-refractivity contribution >= 4 is 0 Å². The van der Waals surface area contributed by atoms with Crippen molar-refractivity contribution in [2.75, 3.05) is 6.54 Å². The van der Waals surface area contributed by atoms with E-state index < -0.39 is 0 Å². The van der Waals surface area contributed by atoms with E-state index >= 15 is 0 Å². The van der Waals surface area contributed by atoms with Gasteiger partial charge in [-0.25, -0.2) is 0 Å². The normalized spacial score (nSPS) is 17.6. The molecule has 18 heavy (non-hydrogen) atoms. The molecule has 1 aliphatic rings. The van der Waals surface area contributed by atoms with Crippen LogP contribution in [0.25, 0.3) is 0 Å². The molecule has 0 spiro atoms. The molecule has 1 saturated carbocycles.